The van der Waals surface area contributed by atoms with E-state index in [0.717, 1.165) is 4.31 Å². The van der Waals surface area contributed by atoms with Crippen LogP contribution in [0.3, 0.4) is 0 Å². The van der Waals surface area contributed by atoms with Crippen LogP contribution in [0.5, 0.6) is 0 Å². The molecule has 3 aromatic rings. The molecule has 0 radical (unpaired) electrons. The molecule has 0 fully saturated rings. The summed E-state index contributed by atoms with van der Waals surface area (Å²) in [6, 6.07) is 12.9. The van der Waals surface area contributed by atoms with Crippen LogP contribution < -0.4 is 10.9 Å². The first kappa shape index (κ1) is 19.7. The molecular formula is C19H20N4O4S. The molecule has 1 amide bonds. The van der Waals surface area contributed by atoms with Crippen LogP contribution in [0.4, 0.5) is 5.69 Å². The van der Waals surface area contributed by atoms with E-state index in [1.54, 1.807) is 18.2 Å². The van der Waals surface area contributed by atoms with E-state index in [9.17, 15) is 18.0 Å². The molecule has 0 aliphatic carbocycles. The van der Waals surface area contributed by atoms with Crippen LogP contribution >= 0.6 is 0 Å². The Labute approximate surface area is 162 Å². The van der Waals surface area contributed by atoms with Gasteiger partial charge in [0, 0.05) is 32.7 Å². The molecule has 9 heteroatoms. The second kappa shape index (κ2) is 7.91. The Kier molecular flexibility index (Phi) is 5.57. The van der Waals surface area contributed by atoms with Crippen molar-refractivity contribution in [1.82, 2.24) is 13.9 Å². The molecule has 1 aromatic heterocycles. The minimum atomic E-state index is -3.52. The first-order valence-electron chi connectivity index (χ1n) is 8.55. The highest BCUT2D eigenvalue weighted by Crippen LogP contribution is 2.16. The van der Waals surface area contributed by atoms with Gasteiger partial charge in [-0.05, 0) is 36.4 Å². The number of aryl methyl sites for hydroxylation is 1. The Morgan fingerprint density at radius 1 is 1.11 bits per heavy atom. The van der Waals surface area contributed by atoms with Gasteiger partial charge in [0.2, 0.25) is 15.9 Å². The molecule has 0 aliphatic heterocycles. The van der Waals surface area contributed by atoms with Gasteiger partial charge in [-0.15, -0.1) is 0 Å². The fourth-order valence-corrected chi connectivity index (χ4v) is 3.53. The van der Waals surface area contributed by atoms with Gasteiger partial charge in [0.1, 0.15) is 0 Å². The monoisotopic (exact) mass is 400 g/mol. The SMILES string of the molecule is CN(C)S(=O)(=O)c1ccc(NC(=O)CCn2cnc3ccccc3c2=O)cc1. The third-order valence-corrected chi connectivity index (χ3v) is 6.06. The fourth-order valence-electron chi connectivity index (χ4n) is 2.63. The summed E-state index contributed by atoms with van der Waals surface area (Å²) in [7, 11) is -0.610. The largest absolute Gasteiger partial charge is 0.326 e. The van der Waals surface area contributed by atoms with E-state index in [-0.39, 0.29) is 29.3 Å². The van der Waals surface area contributed by atoms with Crippen LogP contribution in [0, 0.1) is 0 Å². The van der Waals surface area contributed by atoms with Crippen LogP contribution in [0.1, 0.15) is 6.42 Å². The molecule has 1 N–H and O–H groups in total. The van der Waals surface area contributed by atoms with Crippen molar-refractivity contribution >= 4 is 32.5 Å². The smallest absolute Gasteiger partial charge is 0.261 e. The van der Waals surface area contributed by atoms with Crippen molar-refractivity contribution in [1.29, 1.82) is 0 Å². The van der Waals surface area contributed by atoms with E-state index in [2.05, 4.69) is 10.3 Å². The van der Waals surface area contributed by atoms with Crippen LogP contribution in [0.2, 0.25) is 0 Å². The average Bonchev–Trinajstić information content (AvgIpc) is 2.68. The number of amides is 1. The summed E-state index contributed by atoms with van der Waals surface area (Å²) in [4.78, 5) is 29.0. The number of sulfonamides is 1. The lowest BCUT2D eigenvalue weighted by atomic mass is 10.2. The fraction of sp³-hybridized carbons (Fsp3) is 0.211. The Hall–Kier alpha value is -3.04. The second-order valence-electron chi connectivity index (χ2n) is 6.37. The highest BCUT2D eigenvalue weighted by molar-refractivity contribution is 7.89. The molecule has 0 saturated carbocycles. The number of nitrogens with one attached hydrogen (secondary N) is 1. The van der Waals surface area contributed by atoms with Crippen LogP contribution in [0.25, 0.3) is 10.9 Å². The summed E-state index contributed by atoms with van der Waals surface area (Å²) in [6.45, 7) is 0.190. The Morgan fingerprint density at radius 3 is 2.46 bits per heavy atom. The number of aromatic nitrogens is 2. The molecule has 28 heavy (non-hydrogen) atoms. The van der Waals surface area contributed by atoms with E-state index in [0.29, 0.717) is 16.6 Å². The summed E-state index contributed by atoms with van der Waals surface area (Å²) >= 11 is 0. The number of nitrogens with zero attached hydrogens (tertiary/aromatic N) is 3. The molecular weight excluding hydrogens is 380 g/mol. The van der Waals surface area contributed by atoms with Gasteiger partial charge in [0.05, 0.1) is 22.1 Å². The van der Waals surface area contributed by atoms with Gasteiger partial charge in [0.15, 0.2) is 0 Å². The summed E-state index contributed by atoms with van der Waals surface area (Å²) in [5.41, 5.74) is 0.893. The summed E-state index contributed by atoms with van der Waals surface area (Å²) in [6.07, 6.45) is 1.51. The number of carbonyl (C=O) groups excluding carboxylic acids is 1. The molecule has 0 saturated heterocycles. The number of anilines is 1. The van der Waals surface area contributed by atoms with Crippen molar-refractivity contribution in [3.8, 4) is 0 Å². The maximum atomic E-state index is 12.4. The quantitative estimate of drug-likeness (QED) is 0.678. The summed E-state index contributed by atoms with van der Waals surface area (Å²) in [5, 5.41) is 3.20. The maximum Gasteiger partial charge on any atom is 0.261 e. The molecule has 0 aliphatic rings. The lowest BCUT2D eigenvalue weighted by Crippen LogP contribution is -2.23. The number of hydrogen-bond acceptors (Lipinski definition) is 5. The van der Waals surface area contributed by atoms with Crippen molar-refractivity contribution in [3.63, 3.8) is 0 Å². The molecule has 1 heterocycles. The van der Waals surface area contributed by atoms with E-state index in [4.69, 9.17) is 0 Å². The minimum Gasteiger partial charge on any atom is -0.326 e. The van der Waals surface area contributed by atoms with E-state index in [1.807, 2.05) is 6.07 Å². The molecule has 3 rings (SSSR count). The number of benzene rings is 2. The van der Waals surface area contributed by atoms with E-state index in [1.165, 1.54) is 49.3 Å². The zero-order valence-electron chi connectivity index (χ0n) is 15.5. The number of rotatable bonds is 6. The minimum absolute atomic E-state index is 0.0810. The van der Waals surface area contributed by atoms with Crippen molar-refractivity contribution in [2.24, 2.45) is 0 Å². The third-order valence-electron chi connectivity index (χ3n) is 4.23. The summed E-state index contributed by atoms with van der Waals surface area (Å²) in [5.74, 6) is -0.289. The predicted molar refractivity (Wildman–Crippen MR) is 107 cm³/mol. The van der Waals surface area contributed by atoms with Crippen LogP contribution in [-0.2, 0) is 21.4 Å². The van der Waals surface area contributed by atoms with Gasteiger partial charge >= 0.3 is 0 Å². The Morgan fingerprint density at radius 2 is 1.79 bits per heavy atom. The van der Waals surface area contributed by atoms with Gasteiger partial charge in [0.25, 0.3) is 5.56 Å². The normalized spacial score (nSPS) is 11.7. The number of para-hydroxylation sites is 1. The first-order valence-corrected chi connectivity index (χ1v) is 9.99. The molecule has 0 bridgehead atoms. The zero-order valence-corrected chi connectivity index (χ0v) is 16.3. The molecule has 0 unspecified atom stereocenters. The van der Waals surface area contributed by atoms with Gasteiger partial charge in [-0.2, -0.15) is 0 Å². The third kappa shape index (κ3) is 4.10. The summed E-state index contributed by atoms with van der Waals surface area (Å²) < 4.78 is 26.6. The van der Waals surface area contributed by atoms with E-state index >= 15 is 0 Å². The van der Waals surface area contributed by atoms with Crippen molar-refractivity contribution in [3.05, 3.63) is 65.2 Å². The van der Waals surface area contributed by atoms with Gasteiger partial charge in [-0.3, -0.25) is 14.2 Å². The van der Waals surface area contributed by atoms with Gasteiger partial charge in [-0.1, -0.05) is 12.1 Å². The van der Waals surface area contributed by atoms with Crippen molar-refractivity contribution in [2.75, 3.05) is 19.4 Å². The van der Waals surface area contributed by atoms with Crippen LogP contribution in [0.15, 0.2) is 64.5 Å². The maximum absolute atomic E-state index is 12.4. The predicted octanol–water partition coefficient (Wildman–Crippen LogP) is 1.68. The lowest BCUT2D eigenvalue weighted by molar-refractivity contribution is -0.116. The van der Waals surface area contributed by atoms with Gasteiger partial charge in [-0.25, -0.2) is 17.7 Å². The molecule has 0 atom stereocenters. The number of fused-ring (bicyclic) bond motifs is 1. The Bertz CT molecular complexity index is 1170. The van der Waals surface area contributed by atoms with Crippen molar-refractivity contribution < 1.29 is 13.2 Å². The zero-order chi connectivity index (χ0) is 20.3. The molecule has 8 nitrogen and oxygen atoms in total. The standard InChI is InChI=1S/C19H20N4O4S/c1-22(2)28(26,27)15-9-7-14(8-10-15)21-18(24)11-12-23-13-20-17-6-4-3-5-16(17)19(23)25/h3-10,13H,11-12H2,1-2H3,(H,21,24). The molecule has 146 valence electrons. The van der Waals surface area contributed by atoms with E-state index < -0.39 is 10.0 Å². The van der Waals surface area contributed by atoms with Crippen molar-refractivity contribution in [2.45, 2.75) is 17.9 Å². The Balaban J connectivity index is 1.65. The van der Waals surface area contributed by atoms with Gasteiger partial charge < -0.3 is 5.32 Å². The highest BCUT2D eigenvalue weighted by atomic mass is 32.2. The average molecular weight is 400 g/mol. The number of carbonyl (C=O) groups is 1. The highest BCUT2D eigenvalue weighted by Gasteiger charge is 2.16. The number of hydrogen-bond donors (Lipinski definition) is 1. The molecule has 0 spiro atoms. The lowest BCUT2D eigenvalue weighted by Gasteiger charge is -2.12. The van der Waals surface area contributed by atoms with Crippen LogP contribution in [-0.4, -0.2) is 42.3 Å². The molecule has 2 aromatic carbocycles. The first-order chi connectivity index (χ1) is 13.3. The second-order valence-corrected chi connectivity index (χ2v) is 8.52. The topological polar surface area (TPSA) is 101 Å².